The summed E-state index contributed by atoms with van der Waals surface area (Å²) in [6, 6.07) is 0. The maximum absolute atomic E-state index is 11.3. The number of hydrogen-bond donors (Lipinski definition) is 0. The van der Waals surface area contributed by atoms with Gasteiger partial charge in [-0.05, 0) is 13.3 Å². The zero-order valence-corrected chi connectivity index (χ0v) is 9.96. The largest absolute Gasteiger partial charge is 0.456 e. The lowest BCUT2D eigenvalue weighted by Crippen LogP contribution is -2.38. The highest BCUT2D eigenvalue weighted by Gasteiger charge is 2.09. The van der Waals surface area contributed by atoms with Crippen molar-refractivity contribution in [3.05, 3.63) is 11.6 Å². The normalized spacial score (nSPS) is 12.8. The molecule has 0 aromatic heterocycles. The number of allylic oxidation sites excluding steroid dienone is 1. The number of quaternary nitrogens is 1. The molecule has 0 fully saturated rings. The third-order valence-electron chi connectivity index (χ3n) is 1.83. The fraction of sp³-hybridized carbons (Fsp3) is 0.727. The highest BCUT2D eigenvalue weighted by Crippen LogP contribution is 1.99. The van der Waals surface area contributed by atoms with E-state index in [-0.39, 0.29) is 5.97 Å². The molecule has 0 saturated carbocycles. The first kappa shape index (κ1) is 13.2. The van der Waals surface area contributed by atoms with Crippen LogP contribution in [0.5, 0.6) is 0 Å². The summed E-state index contributed by atoms with van der Waals surface area (Å²) in [5.41, 5.74) is 0.703. The Balaban J connectivity index is 3.81. The van der Waals surface area contributed by atoms with Crippen molar-refractivity contribution in [3.63, 3.8) is 0 Å². The molecule has 3 heteroatoms. The first-order valence-electron chi connectivity index (χ1n) is 5.01. The molecular weight excluding hydrogens is 178 g/mol. The molecule has 0 radical (unpaired) electrons. The zero-order valence-electron chi connectivity index (χ0n) is 9.96. The molecule has 0 rings (SSSR count). The van der Waals surface area contributed by atoms with Crippen LogP contribution < -0.4 is 0 Å². The average molecular weight is 200 g/mol. The van der Waals surface area contributed by atoms with Crippen molar-refractivity contribution in [3.8, 4) is 0 Å². The second-order valence-electron chi connectivity index (χ2n) is 4.45. The second-order valence-corrected chi connectivity index (χ2v) is 4.45. The number of carbonyl (C=O) groups excluding carboxylic acids is 1. The van der Waals surface area contributed by atoms with Gasteiger partial charge in [0, 0.05) is 5.57 Å². The molecule has 3 nitrogen and oxygen atoms in total. The molecule has 0 atom stereocenters. The number of rotatable bonds is 5. The highest BCUT2D eigenvalue weighted by molar-refractivity contribution is 5.87. The quantitative estimate of drug-likeness (QED) is 0.383. The first-order chi connectivity index (χ1) is 6.37. The van der Waals surface area contributed by atoms with Crippen LogP contribution in [0.2, 0.25) is 0 Å². The van der Waals surface area contributed by atoms with Gasteiger partial charge in [0.15, 0.2) is 0 Å². The Morgan fingerprint density at radius 3 is 2.36 bits per heavy atom. The molecule has 0 aromatic carbocycles. The van der Waals surface area contributed by atoms with Crippen LogP contribution in [0.25, 0.3) is 0 Å². The monoisotopic (exact) mass is 200 g/mol. The van der Waals surface area contributed by atoms with E-state index in [0.29, 0.717) is 12.2 Å². The number of nitrogens with zero attached hydrogens (tertiary/aromatic N) is 1. The Bertz CT molecular complexity index is 214. The summed E-state index contributed by atoms with van der Waals surface area (Å²) in [7, 11) is 6.22. The van der Waals surface area contributed by atoms with E-state index in [1.54, 1.807) is 6.92 Å². The van der Waals surface area contributed by atoms with Crippen LogP contribution in [-0.2, 0) is 9.53 Å². The molecule has 14 heavy (non-hydrogen) atoms. The lowest BCUT2D eigenvalue weighted by molar-refractivity contribution is -0.870. The summed E-state index contributed by atoms with van der Waals surface area (Å²) >= 11 is 0. The van der Waals surface area contributed by atoms with Crippen molar-refractivity contribution in [2.75, 3.05) is 34.3 Å². The van der Waals surface area contributed by atoms with Gasteiger partial charge in [-0.1, -0.05) is 13.0 Å². The zero-order chi connectivity index (χ0) is 11.2. The van der Waals surface area contributed by atoms with E-state index >= 15 is 0 Å². The third-order valence-corrected chi connectivity index (χ3v) is 1.83. The van der Waals surface area contributed by atoms with Gasteiger partial charge in [0.2, 0.25) is 0 Å². The molecule has 0 unspecified atom stereocenters. The van der Waals surface area contributed by atoms with E-state index < -0.39 is 0 Å². The summed E-state index contributed by atoms with van der Waals surface area (Å²) in [6.07, 6.45) is 2.75. The predicted molar refractivity (Wildman–Crippen MR) is 57.9 cm³/mol. The lowest BCUT2D eigenvalue weighted by atomic mass is 10.2. The third kappa shape index (κ3) is 6.66. The van der Waals surface area contributed by atoms with Crippen LogP contribution in [0, 0.1) is 0 Å². The van der Waals surface area contributed by atoms with Gasteiger partial charge in [-0.15, -0.1) is 0 Å². The van der Waals surface area contributed by atoms with Crippen LogP contribution in [-0.4, -0.2) is 44.7 Å². The smallest absolute Gasteiger partial charge is 0.333 e. The fourth-order valence-electron chi connectivity index (χ4n) is 0.916. The Labute approximate surface area is 86.9 Å². The lowest BCUT2D eigenvalue weighted by Gasteiger charge is -2.23. The van der Waals surface area contributed by atoms with Crippen LogP contribution in [0.4, 0.5) is 0 Å². The predicted octanol–water partition coefficient (Wildman–Crippen LogP) is 1.59. The molecule has 0 aliphatic carbocycles. The van der Waals surface area contributed by atoms with E-state index in [4.69, 9.17) is 4.74 Å². The summed E-state index contributed by atoms with van der Waals surface area (Å²) in [4.78, 5) is 11.3. The van der Waals surface area contributed by atoms with Crippen LogP contribution in [0.1, 0.15) is 20.3 Å². The van der Waals surface area contributed by atoms with Crippen molar-refractivity contribution in [2.45, 2.75) is 20.3 Å². The van der Waals surface area contributed by atoms with Crippen LogP contribution >= 0.6 is 0 Å². The van der Waals surface area contributed by atoms with Gasteiger partial charge in [-0.3, -0.25) is 0 Å². The van der Waals surface area contributed by atoms with Crippen molar-refractivity contribution in [1.29, 1.82) is 0 Å². The van der Waals surface area contributed by atoms with E-state index in [2.05, 4.69) is 21.1 Å². The number of carbonyl (C=O) groups is 1. The van der Waals surface area contributed by atoms with Crippen molar-refractivity contribution >= 4 is 5.97 Å². The van der Waals surface area contributed by atoms with Gasteiger partial charge >= 0.3 is 5.97 Å². The molecule has 0 N–H and O–H groups in total. The minimum absolute atomic E-state index is 0.194. The van der Waals surface area contributed by atoms with Crippen molar-refractivity contribution < 1.29 is 14.0 Å². The van der Waals surface area contributed by atoms with E-state index in [0.717, 1.165) is 17.4 Å². The minimum atomic E-state index is -0.194. The molecule has 0 bridgehead atoms. The first-order valence-corrected chi connectivity index (χ1v) is 5.01. The number of esters is 1. The number of ether oxygens (including phenoxy) is 1. The Hall–Kier alpha value is -0.830. The van der Waals surface area contributed by atoms with Crippen molar-refractivity contribution in [1.82, 2.24) is 0 Å². The summed E-state index contributed by atoms with van der Waals surface area (Å²) in [5, 5.41) is 0. The fourth-order valence-corrected chi connectivity index (χ4v) is 0.916. The standard InChI is InChI=1S/C11H22NO2/c1-6-7-10(2)11(13)14-9-8-12(3,4)5/h7H,6,8-9H2,1-5H3/q+1/b10-7+. The summed E-state index contributed by atoms with van der Waals surface area (Å²) < 4.78 is 5.92. The maximum atomic E-state index is 11.3. The van der Waals surface area contributed by atoms with Crippen LogP contribution in [0.3, 0.4) is 0 Å². The van der Waals surface area contributed by atoms with Crippen LogP contribution in [0.15, 0.2) is 11.6 Å². The maximum Gasteiger partial charge on any atom is 0.333 e. The van der Waals surface area contributed by atoms with Gasteiger partial charge in [0.05, 0.1) is 21.1 Å². The number of likely N-dealkylation sites (N-methyl/N-ethyl adjacent to an activating group) is 1. The molecule has 0 aliphatic rings. The van der Waals surface area contributed by atoms with E-state index in [1.165, 1.54) is 0 Å². The molecule has 0 saturated heterocycles. The minimum Gasteiger partial charge on any atom is -0.456 e. The number of hydrogen-bond acceptors (Lipinski definition) is 2. The molecule has 0 amide bonds. The van der Waals surface area contributed by atoms with Gasteiger partial charge in [0.1, 0.15) is 13.2 Å². The molecular formula is C11H22NO2+. The van der Waals surface area contributed by atoms with Gasteiger partial charge in [-0.25, -0.2) is 4.79 Å². The van der Waals surface area contributed by atoms with E-state index in [1.807, 2.05) is 13.0 Å². The van der Waals surface area contributed by atoms with E-state index in [9.17, 15) is 4.79 Å². The summed E-state index contributed by atoms with van der Waals surface area (Å²) in [6.45, 7) is 5.11. The second kappa shape index (κ2) is 5.81. The molecule has 0 spiro atoms. The molecule has 0 heterocycles. The Kier molecular flexibility index (Phi) is 5.46. The molecule has 82 valence electrons. The molecule has 0 aliphatic heterocycles. The Morgan fingerprint density at radius 2 is 1.93 bits per heavy atom. The highest BCUT2D eigenvalue weighted by atomic mass is 16.5. The van der Waals surface area contributed by atoms with Gasteiger partial charge in [-0.2, -0.15) is 0 Å². The molecule has 0 aromatic rings. The topological polar surface area (TPSA) is 26.3 Å². The average Bonchev–Trinajstić information content (AvgIpc) is 2.02. The Morgan fingerprint density at radius 1 is 1.36 bits per heavy atom. The SMILES string of the molecule is CC/C=C(\C)C(=O)OCC[N+](C)(C)C. The summed E-state index contributed by atoms with van der Waals surface area (Å²) in [5.74, 6) is -0.194. The van der Waals surface area contributed by atoms with Gasteiger partial charge < -0.3 is 9.22 Å². The van der Waals surface area contributed by atoms with Gasteiger partial charge in [0.25, 0.3) is 0 Å². The van der Waals surface area contributed by atoms with Crippen molar-refractivity contribution in [2.24, 2.45) is 0 Å².